The van der Waals surface area contributed by atoms with Crippen molar-refractivity contribution in [2.24, 2.45) is 10.9 Å². The molecule has 0 unspecified atom stereocenters. The second-order valence-corrected chi connectivity index (χ2v) is 5.51. The minimum absolute atomic E-state index is 0.00191. The highest BCUT2D eigenvalue weighted by Crippen LogP contribution is 2.31. The lowest BCUT2D eigenvalue weighted by molar-refractivity contribution is 0.0351. The monoisotopic (exact) mass is 283 g/mol. The van der Waals surface area contributed by atoms with E-state index in [-0.39, 0.29) is 5.84 Å². The number of oxime groups is 1. The largest absolute Gasteiger partial charge is 0.409 e. The number of amidine groups is 1. The Balaban J connectivity index is 2.33. The molecule has 104 valence electrons. The molecule has 0 radical (unpaired) electrons. The zero-order valence-electron chi connectivity index (χ0n) is 10.8. The van der Waals surface area contributed by atoms with E-state index in [1.807, 2.05) is 19.1 Å². The molecule has 0 spiro atoms. The Morgan fingerprint density at radius 1 is 1.42 bits per heavy atom. The molecule has 4 N–H and O–H groups in total. The Morgan fingerprint density at radius 2 is 2.05 bits per heavy atom. The van der Waals surface area contributed by atoms with Gasteiger partial charge >= 0.3 is 0 Å². The van der Waals surface area contributed by atoms with Crippen molar-refractivity contribution in [1.29, 1.82) is 0 Å². The smallest absolute Gasteiger partial charge is 0.173 e. The number of hydrogen-bond donors (Lipinski definition) is 3. The molecule has 1 aliphatic rings. The SMILES string of the molecule is CC1(O)CCN(c2cccc(Cl)c2/C(N)=N/O)CC1. The zero-order chi connectivity index (χ0) is 14.0. The lowest BCUT2D eigenvalue weighted by Crippen LogP contribution is -2.43. The first-order valence-corrected chi connectivity index (χ1v) is 6.56. The minimum atomic E-state index is -0.619. The van der Waals surface area contributed by atoms with Crippen LogP contribution in [0.4, 0.5) is 5.69 Å². The molecule has 19 heavy (non-hydrogen) atoms. The van der Waals surface area contributed by atoms with Crippen molar-refractivity contribution in [2.75, 3.05) is 18.0 Å². The second kappa shape index (κ2) is 5.27. The standard InChI is InChI=1S/C13H18ClN3O2/c1-13(18)5-7-17(8-6-13)10-4-2-3-9(14)11(10)12(15)16-19/h2-4,18-19H,5-8H2,1H3,(H2,15,16). The minimum Gasteiger partial charge on any atom is -0.409 e. The highest BCUT2D eigenvalue weighted by molar-refractivity contribution is 6.34. The van der Waals surface area contributed by atoms with Gasteiger partial charge in [-0.3, -0.25) is 0 Å². The van der Waals surface area contributed by atoms with Gasteiger partial charge in [0.15, 0.2) is 5.84 Å². The summed E-state index contributed by atoms with van der Waals surface area (Å²) in [7, 11) is 0. The fourth-order valence-electron chi connectivity index (χ4n) is 2.31. The molecular formula is C13H18ClN3O2. The van der Waals surface area contributed by atoms with Crippen LogP contribution in [0.1, 0.15) is 25.3 Å². The fraction of sp³-hybridized carbons (Fsp3) is 0.462. The summed E-state index contributed by atoms with van der Waals surface area (Å²) in [5, 5.41) is 22.3. The Kier molecular flexibility index (Phi) is 3.87. The predicted octanol–water partition coefficient (Wildman–Crippen LogP) is 1.79. The molecule has 1 aromatic carbocycles. The molecular weight excluding hydrogens is 266 g/mol. The quantitative estimate of drug-likeness (QED) is 0.334. The van der Waals surface area contributed by atoms with Gasteiger partial charge in [0.1, 0.15) is 0 Å². The fourth-order valence-corrected chi connectivity index (χ4v) is 2.58. The third-order valence-electron chi connectivity index (χ3n) is 3.54. The van der Waals surface area contributed by atoms with Crippen LogP contribution in [0.5, 0.6) is 0 Å². The first kappa shape index (κ1) is 14.0. The molecule has 1 fully saturated rings. The van der Waals surface area contributed by atoms with E-state index in [0.717, 1.165) is 5.69 Å². The second-order valence-electron chi connectivity index (χ2n) is 5.10. The van der Waals surface area contributed by atoms with Crippen LogP contribution in [0.15, 0.2) is 23.4 Å². The first-order valence-electron chi connectivity index (χ1n) is 6.18. The molecule has 1 saturated heterocycles. The molecule has 0 amide bonds. The highest BCUT2D eigenvalue weighted by atomic mass is 35.5. The van der Waals surface area contributed by atoms with Gasteiger partial charge in [0, 0.05) is 18.8 Å². The van der Waals surface area contributed by atoms with E-state index in [9.17, 15) is 5.11 Å². The van der Waals surface area contributed by atoms with E-state index < -0.39 is 5.60 Å². The molecule has 0 saturated carbocycles. The number of halogens is 1. The van der Waals surface area contributed by atoms with Crippen LogP contribution in [-0.4, -0.2) is 34.8 Å². The number of rotatable bonds is 2. The average Bonchev–Trinajstić information content (AvgIpc) is 2.37. The van der Waals surface area contributed by atoms with E-state index in [4.69, 9.17) is 22.5 Å². The average molecular weight is 284 g/mol. The van der Waals surface area contributed by atoms with Crippen molar-refractivity contribution in [3.05, 3.63) is 28.8 Å². The normalized spacial score (nSPS) is 19.5. The zero-order valence-corrected chi connectivity index (χ0v) is 11.6. The van der Waals surface area contributed by atoms with E-state index >= 15 is 0 Å². The van der Waals surface area contributed by atoms with Gasteiger partial charge in [-0.15, -0.1) is 0 Å². The number of hydrogen-bond acceptors (Lipinski definition) is 4. The lowest BCUT2D eigenvalue weighted by Gasteiger charge is -2.38. The van der Waals surface area contributed by atoms with Gasteiger partial charge in [-0.1, -0.05) is 22.8 Å². The van der Waals surface area contributed by atoms with Crippen molar-refractivity contribution >= 4 is 23.1 Å². The summed E-state index contributed by atoms with van der Waals surface area (Å²) in [6.45, 7) is 3.25. The van der Waals surface area contributed by atoms with Gasteiger partial charge in [-0.25, -0.2) is 0 Å². The lowest BCUT2D eigenvalue weighted by atomic mass is 9.93. The summed E-state index contributed by atoms with van der Waals surface area (Å²) in [5.74, 6) is -0.00191. The summed E-state index contributed by atoms with van der Waals surface area (Å²) < 4.78 is 0. The molecule has 5 nitrogen and oxygen atoms in total. The van der Waals surface area contributed by atoms with E-state index in [1.165, 1.54) is 0 Å². The summed E-state index contributed by atoms with van der Waals surface area (Å²) in [5.41, 5.74) is 6.44. The maximum atomic E-state index is 9.98. The molecule has 1 aliphatic heterocycles. The van der Waals surface area contributed by atoms with Crippen molar-refractivity contribution in [1.82, 2.24) is 0 Å². The van der Waals surface area contributed by atoms with Crippen molar-refractivity contribution in [3.63, 3.8) is 0 Å². The summed E-state index contributed by atoms with van der Waals surface area (Å²) in [4.78, 5) is 2.09. The van der Waals surface area contributed by atoms with Gasteiger partial charge in [0.05, 0.1) is 16.2 Å². The Hall–Kier alpha value is -1.46. The van der Waals surface area contributed by atoms with Crippen LogP contribution in [0.25, 0.3) is 0 Å². The van der Waals surface area contributed by atoms with Crippen LogP contribution >= 0.6 is 11.6 Å². The Morgan fingerprint density at radius 3 is 2.63 bits per heavy atom. The van der Waals surface area contributed by atoms with Gasteiger partial charge in [-0.2, -0.15) is 0 Å². The van der Waals surface area contributed by atoms with Crippen LogP contribution in [-0.2, 0) is 0 Å². The Labute approximate surface area is 117 Å². The third kappa shape index (κ3) is 2.93. The molecule has 0 bridgehead atoms. The summed E-state index contributed by atoms with van der Waals surface area (Å²) in [6.07, 6.45) is 1.35. The number of benzene rings is 1. The maximum Gasteiger partial charge on any atom is 0.173 e. The highest BCUT2D eigenvalue weighted by Gasteiger charge is 2.29. The number of nitrogens with two attached hydrogens (primary N) is 1. The summed E-state index contributed by atoms with van der Waals surface area (Å²) in [6, 6.07) is 5.43. The summed E-state index contributed by atoms with van der Waals surface area (Å²) >= 11 is 6.13. The number of aliphatic hydroxyl groups is 1. The van der Waals surface area contributed by atoms with Gasteiger partial charge in [-0.05, 0) is 31.9 Å². The van der Waals surface area contributed by atoms with Crippen LogP contribution < -0.4 is 10.6 Å². The van der Waals surface area contributed by atoms with E-state index in [2.05, 4.69) is 10.1 Å². The van der Waals surface area contributed by atoms with Crippen LogP contribution in [0.3, 0.4) is 0 Å². The van der Waals surface area contributed by atoms with Crippen molar-refractivity contribution < 1.29 is 10.3 Å². The van der Waals surface area contributed by atoms with Crippen molar-refractivity contribution in [3.8, 4) is 0 Å². The Bertz CT molecular complexity index is 493. The van der Waals surface area contributed by atoms with Gasteiger partial charge in [0.2, 0.25) is 0 Å². The maximum absolute atomic E-state index is 9.98. The molecule has 0 atom stereocenters. The third-order valence-corrected chi connectivity index (χ3v) is 3.85. The molecule has 6 heteroatoms. The molecule has 1 heterocycles. The first-order chi connectivity index (χ1) is 8.94. The van der Waals surface area contributed by atoms with Crippen LogP contribution in [0.2, 0.25) is 5.02 Å². The van der Waals surface area contributed by atoms with Crippen molar-refractivity contribution in [2.45, 2.75) is 25.4 Å². The number of piperidine rings is 1. The van der Waals surface area contributed by atoms with E-state index in [1.54, 1.807) is 6.07 Å². The number of nitrogens with zero attached hydrogens (tertiary/aromatic N) is 2. The topological polar surface area (TPSA) is 82.1 Å². The van der Waals surface area contributed by atoms with Crippen LogP contribution in [0, 0.1) is 0 Å². The molecule has 2 rings (SSSR count). The number of anilines is 1. The molecule has 0 aromatic heterocycles. The van der Waals surface area contributed by atoms with Gasteiger partial charge in [0.25, 0.3) is 0 Å². The van der Waals surface area contributed by atoms with Gasteiger partial charge < -0.3 is 20.9 Å². The molecule has 1 aromatic rings. The molecule has 0 aliphatic carbocycles. The predicted molar refractivity (Wildman–Crippen MR) is 76.0 cm³/mol. The van der Waals surface area contributed by atoms with E-state index in [0.29, 0.717) is 36.5 Å².